The number of aromatic nitrogens is 1. The number of rotatable bonds is 5. The fourth-order valence-corrected chi connectivity index (χ4v) is 4.15. The first kappa shape index (κ1) is 19.6. The van der Waals surface area contributed by atoms with E-state index in [1.807, 2.05) is 29.6 Å². The molecule has 2 aromatic rings. The molecule has 144 valence electrons. The highest BCUT2D eigenvalue weighted by molar-refractivity contribution is 7.13. The van der Waals surface area contributed by atoms with Gasteiger partial charge in [-0.25, -0.2) is 9.78 Å². The van der Waals surface area contributed by atoms with E-state index >= 15 is 0 Å². The number of hydrogen-bond donors (Lipinski definition) is 1. The Morgan fingerprint density at radius 2 is 2.07 bits per heavy atom. The van der Waals surface area contributed by atoms with Crippen LogP contribution in [0.4, 0.5) is 4.79 Å². The van der Waals surface area contributed by atoms with Crippen molar-refractivity contribution in [1.82, 2.24) is 15.2 Å². The van der Waals surface area contributed by atoms with Crippen molar-refractivity contribution in [3.63, 3.8) is 0 Å². The third-order valence-electron chi connectivity index (χ3n) is 4.38. The SMILES string of the molecule is CCOC(=O)N1CCC(NC(=O)Cc2csc(-c3ccccc3Cl)n2)CC1. The van der Waals surface area contributed by atoms with Gasteiger partial charge in [0.2, 0.25) is 5.91 Å². The molecule has 0 aliphatic carbocycles. The molecule has 0 bridgehead atoms. The first-order chi connectivity index (χ1) is 13.1. The van der Waals surface area contributed by atoms with Crippen molar-refractivity contribution in [2.75, 3.05) is 19.7 Å². The highest BCUT2D eigenvalue weighted by Gasteiger charge is 2.24. The summed E-state index contributed by atoms with van der Waals surface area (Å²) in [5.41, 5.74) is 1.61. The van der Waals surface area contributed by atoms with Gasteiger partial charge in [-0.1, -0.05) is 29.8 Å². The molecule has 1 aromatic carbocycles. The van der Waals surface area contributed by atoms with Crippen molar-refractivity contribution < 1.29 is 14.3 Å². The molecular formula is C19H22ClN3O3S. The zero-order chi connectivity index (χ0) is 19.2. The number of nitrogens with one attached hydrogen (secondary N) is 1. The molecule has 1 N–H and O–H groups in total. The fraction of sp³-hybridized carbons (Fsp3) is 0.421. The predicted molar refractivity (Wildman–Crippen MR) is 106 cm³/mol. The third kappa shape index (κ3) is 5.20. The molecule has 0 saturated carbocycles. The second-order valence-electron chi connectivity index (χ2n) is 6.33. The summed E-state index contributed by atoms with van der Waals surface area (Å²) in [5.74, 6) is -0.0550. The predicted octanol–water partition coefficient (Wildman–Crippen LogP) is 3.74. The van der Waals surface area contributed by atoms with E-state index in [2.05, 4.69) is 10.3 Å². The lowest BCUT2D eigenvalue weighted by atomic mass is 10.1. The minimum Gasteiger partial charge on any atom is -0.450 e. The van der Waals surface area contributed by atoms with E-state index in [0.29, 0.717) is 24.7 Å². The lowest BCUT2D eigenvalue weighted by Gasteiger charge is -2.31. The van der Waals surface area contributed by atoms with Crippen LogP contribution in [0, 0.1) is 0 Å². The zero-order valence-electron chi connectivity index (χ0n) is 15.1. The molecule has 2 heterocycles. The number of benzene rings is 1. The average molecular weight is 408 g/mol. The van der Waals surface area contributed by atoms with Crippen LogP contribution in [0.5, 0.6) is 0 Å². The highest BCUT2D eigenvalue weighted by atomic mass is 35.5. The Morgan fingerprint density at radius 1 is 1.33 bits per heavy atom. The molecule has 8 heteroatoms. The molecule has 0 atom stereocenters. The molecular weight excluding hydrogens is 386 g/mol. The van der Waals surface area contributed by atoms with E-state index in [9.17, 15) is 9.59 Å². The highest BCUT2D eigenvalue weighted by Crippen LogP contribution is 2.30. The quantitative estimate of drug-likeness (QED) is 0.819. The lowest BCUT2D eigenvalue weighted by molar-refractivity contribution is -0.121. The maximum Gasteiger partial charge on any atom is 0.409 e. The normalized spacial score (nSPS) is 14.8. The molecule has 27 heavy (non-hydrogen) atoms. The summed E-state index contributed by atoms with van der Waals surface area (Å²) in [7, 11) is 0. The number of carbonyl (C=O) groups excluding carboxylic acids is 2. The van der Waals surface area contributed by atoms with Gasteiger partial charge < -0.3 is 15.0 Å². The lowest BCUT2D eigenvalue weighted by Crippen LogP contribution is -2.47. The number of piperidine rings is 1. The van der Waals surface area contributed by atoms with Crippen molar-refractivity contribution in [3.8, 4) is 10.6 Å². The van der Waals surface area contributed by atoms with Crippen molar-refractivity contribution in [1.29, 1.82) is 0 Å². The van der Waals surface area contributed by atoms with Crippen LogP contribution in [-0.2, 0) is 16.0 Å². The summed E-state index contributed by atoms with van der Waals surface area (Å²) >= 11 is 7.69. The van der Waals surface area contributed by atoms with Crippen LogP contribution in [0.25, 0.3) is 10.6 Å². The van der Waals surface area contributed by atoms with E-state index in [1.165, 1.54) is 11.3 Å². The van der Waals surface area contributed by atoms with Crippen molar-refractivity contribution in [2.24, 2.45) is 0 Å². The first-order valence-corrected chi connectivity index (χ1v) is 10.2. The zero-order valence-corrected chi connectivity index (χ0v) is 16.7. The van der Waals surface area contributed by atoms with Gasteiger partial charge in [0.1, 0.15) is 5.01 Å². The number of thiazole rings is 1. The fourth-order valence-electron chi connectivity index (χ4n) is 3.01. The molecule has 0 unspecified atom stereocenters. The van der Waals surface area contributed by atoms with Crippen LogP contribution < -0.4 is 5.32 Å². The summed E-state index contributed by atoms with van der Waals surface area (Å²) in [4.78, 5) is 30.3. The van der Waals surface area contributed by atoms with E-state index in [-0.39, 0.29) is 24.5 Å². The van der Waals surface area contributed by atoms with Crippen molar-refractivity contribution >= 4 is 34.9 Å². The molecule has 6 nitrogen and oxygen atoms in total. The Balaban J connectivity index is 1.49. The van der Waals surface area contributed by atoms with Crippen LogP contribution >= 0.6 is 22.9 Å². The minimum absolute atomic E-state index is 0.0550. The second kappa shape index (κ2) is 9.19. The number of ether oxygens (including phenoxy) is 1. The van der Waals surface area contributed by atoms with Gasteiger partial charge in [0.25, 0.3) is 0 Å². The van der Waals surface area contributed by atoms with Crippen molar-refractivity contribution in [2.45, 2.75) is 32.2 Å². The number of carbonyl (C=O) groups is 2. The van der Waals surface area contributed by atoms with Gasteiger partial charge in [-0.05, 0) is 25.8 Å². The summed E-state index contributed by atoms with van der Waals surface area (Å²) < 4.78 is 5.01. The average Bonchev–Trinajstić information content (AvgIpc) is 3.11. The Bertz CT molecular complexity index is 803. The third-order valence-corrected chi connectivity index (χ3v) is 5.64. The van der Waals surface area contributed by atoms with E-state index < -0.39 is 0 Å². The molecule has 1 fully saturated rings. The maximum absolute atomic E-state index is 12.3. The summed E-state index contributed by atoms with van der Waals surface area (Å²) in [6.45, 7) is 3.36. The molecule has 0 radical (unpaired) electrons. The number of halogens is 1. The minimum atomic E-state index is -0.281. The Labute approximate surface area is 167 Å². The van der Waals surface area contributed by atoms with Gasteiger partial charge in [-0.2, -0.15) is 0 Å². The molecule has 3 rings (SSSR count). The van der Waals surface area contributed by atoms with Crippen molar-refractivity contribution in [3.05, 3.63) is 40.4 Å². The standard InChI is InChI=1S/C19H22ClN3O3S/c1-2-26-19(25)23-9-7-13(8-10-23)21-17(24)11-14-12-27-18(22-14)15-5-3-4-6-16(15)20/h3-6,12-13H,2,7-11H2,1H3,(H,21,24). The number of likely N-dealkylation sites (tertiary alicyclic amines) is 1. The maximum atomic E-state index is 12.3. The van der Waals surface area contributed by atoms with Gasteiger partial charge in [-0.15, -0.1) is 11.3 Å². The van der Waals surface area contributed by atoms with E-state index in [1.54, 1.807) is 11.8 Å². The Kier molecular flexibility index (Phi) is 6.68. The van der Waals surface area contributed by atoms with E-state index in [4.69, 9.17) is 16.3 Å². The van der Waals surface area contributed by atoms with Crippen LogP contribution in [0.3, 0.4) is 0 Å². The number of amides is 2. The molecule has 0 spiro atoms. The van der Waals surface area contributed by atoms with Crippen LogP contribution in [0.1, 0.15) is 25.5 Å². The smallest absolute Gasteiger partial charge is 0.409 e. The van der Waals surface area contributed by atoms with Gasteiger partial charge in [0.05, 0.1) is 23.7 Å². The summed E-state index contributed by atoms with van der Waals surface area (Å²) in [6.07, 6.45) is 1.41. The molecule has 1 saturated heterocycles. The van der Waals surface area contributed by atoms with Crippen LogP contribution in [0.15, 0.2) is 29.6 Å². The monoisotopic (exact) mass is 407 g/mol. The Hall–Kier alpha value is -2.12. The molecule has 1 aliphatic rings. The molecule has 2 amide bonds. The molecule has 1 aliphatic heterocycles. The van der Waals surface area contributed by atoms with Gasteiger partial charge in [0, 0.05) is 30.1 Å². The van der Waals surface area contributed by atoms with Gasteiger partial charge in [-0.3, -0.25) is 4.79 Å². The number of nitrogens with zero attached hydrogens (tertiary/aromatic N) is 2. The van der Waals surface area contributed by atoms with Crippen LogP contribution in [0.2, 0.25) is 5.02 Å². The Morgan fingerprint density at radius 3 is 2.78 bits per heavy atom. The largest absolute Gasteiger partial charge is 0.450 e. The topological polar surface area (TPSA) is 71.5 Å². The van der Waals surface area contributed by atoms with Gasteiger partial charge >= 0.3 is 6.09 Å². The van der Waals surface area contributed by atoms with Gasteiger partial charge in [0.15, 0.2) is 0 Å². The first-order valence-electron chi connectivity index (χ1n) is 8.97. The number of hydrogen-bond acceptors (Lipinski definition) is 5. The molecule has 1 aromatic heterocycles. The van der Waals surface area contributed by atoms with Crippen LogP contribution in [-0.4, -0.2) is 47.6 Å². The van der Waals surface area contributed by atoms with E-state index in [0.717, 1.165) is 29.1 Å². The summed E-state index contributed by atoms with van der Waals surface area (Å²) in [5, 5.41) is 6.39. The second-order valence-corrected chi connectivity index (χ2v) is 7.59. The summed E-state index contributed by atoms with van der Waals surface area (Å²) in [6, 6.07) is 7.61.